The molecule has 2 aromatic rings. The highest BCUT2D eigenvalue weighted by Gasteiger charge is 2.12. The van der Waals surface area contributed by atoms with E-state index in [1.807, 2.05) is 29.5 Å². The number of methoxy groups -OCH3 is 2. The maximum absolute atomic E-state index is 12.2. The SMILES string of the molecule is CCOc1cc(/C=N/NC(=O)CNC(=O)c2ccc(OC)c(OC)c2)cc(I)c1O. The lowest BCUT2D eigenvalue weighted by atomic mass is 10.2. The molecule has 0 saturated carbocycles. The van der Waals surface area contributed by atoms with Crippen LogP contribution in [0.1, 0.15) is 22.8 Å². The van der Waals surface area contributed by atoms with E-state index in [0.717, 1.165) is 0 Å². The van der Waals surface area contributed by atoms with E-state index in [-0.39, 0.29) is 12.3 Å². The minimum Gasteiger partial charge on any atom is -0.504 e. The molecule has 0 unspecified atom stereocenters. The van der Waals surface area contributed by atoms with Gasteiger partial charge in [-0.25, -0.2) is 5.43 Å². The molecular weight excluding hydrogens is 505 g/mol. The van der Waals surface area contributed by atoms with Crippen molar-refractivity contribution in [3.63, 3.8) is 0 Å². The first-order valence-corrected chi connectivity index (χ1v) is 9.94. The smallest absolute Gasteiger partial charge is 0.259 e. The summed E-state index contributed by atoms with van der Waals surface area (Å²) >= 11 is 1.97. The summed E-state index contributed by atoms with van der Waals surface area (Å²) in [4.78, 5) is 24.1. The summed E-state index contributed by atoms with van der Waals surface area (Å²) in [5.74, 6) is 0.352. The van der Waals surface area contributed by atoms with Crippen LogP contribution in [0, 0.1) is 3.57 Å². The van der Waals surface area contributed by atoms with Crippen molar-refractivity contribution in [1.82, 2.24) is 10.7 Å². The molecule has 0 aliphatic carbocycles. The highest BCUT2D eigenvalue weighted by molar-refractivity contribution is 14.1. The number of amides is 2. The lowest BCUT2D eigenvalue weighted by Gasteiger charge is -2.09. The number of aromatic hydroxyl groups is 1. The molecule has 3 N–H and O–H groups in total. The monoisotopic (exact) mass is 527 g/mol. The van der Waals surface area contributed by atoms with Gasteiger partial charge in [-0.1, -0.05) is 0 Å². The number of carbonyl (C=O) groups is 2. The van der Waals surface area contributed by atoms with Crippen molar-refractivity contribution in [1.29, 1.82) is 0 Å². The number of carbonyl (C=O) groups excluding carboxylic acids is 2. The number of nitrogens with one attached hydrogen (secondary N) is 2. The van der Waals surface area contributed by atoms with Crippen molar-refractivity contribution < 1.29 is 28.9 Å². The maximum Gasteiger partial charge on any atom is 0.259 e. The van der Waals surface area contributed by atoms with Crippen LogP contribution in [0.4, 0.5) is 0 Å². The van der Waals surface area contributed by atoms with E-state index < -0.39 is 11.8 Å². The summed E-state index contributed by atoms with van der Waals surface area (Å²) in [6, 6.07) is 7.98. The molecular formula is C20H22IN3O6. The van der Waals surface area contributed by atoms with Crippen LogP contribution in [0.5, 0.6) is 23.0 Å². The zero-order valence-electron chi connectivity index (χ0n) is 16.7. The van der Waals surface area contributed by atoms with Crippen LogP contribution < -0.4 is 25.0 Å². The summed E-state index contributed by atoms with van der Waals surface area (Å²) < 4.78 is 16.2. The lowest BCUT2D eigenvalue weighted by Crippen LogP contribution is -2.34. The predicted octanol–water partition coefficient (Wildman–Crippen LogP) is 2.29. The molecule has 0 aliphatic rings. The van der Waals surface area contributed by atoms with E-state index in [9.17, 15) is 14.7 Å². The number of halogens is 1. The van der Waals surface area contributed by atoms with Gasteiger partial charge < -0.3 is 24.6 Å². The third kappa shape index (κ3) is 6.24. The number of ether oxygens (including phenoxy) is 3. The third-order valence-electron chi connectivity index (χ3n) is 3.81. The van der Waals surface area contributed by atoms with E-state index in [0.29, 0.717) is 38.6 Å². The second kappa shape index (κ2) is 11.2. The normalized spacial score (nSPS) is 10.5. The zero-order valence-corrected chi connectivity index (χ0v) is 18.8. The van der Waals surface area contributed by atoms with E-state index >= 15 is 0 Å². The van der Waals surface area contributed by atoms with Gasteiger partial charge in [-0.05, 0) is 65.4 Å². The highest BCUT2D eigenvalue weighted by Crippen LogP contribution is 2.32. The van der Waals surface area contributed by atoms with Crippen molar-refractivity contribution in [3.8, 4) is 23.0 Å². The van der Waals surface area contributed by atoms with Gasteiger partial charge in [0.05, 0.1) is 37.2 Å². The number of hydrazone groups is 1. The first kappa shape index (κ1) is 23.3. The fraction of sp³-hybridized carbons (Fsp3) is 0.250. The molecule has 9 nitrogen and oxygen atoms in total. The predicted molar refractivity (Wildman–Crippen MR) is 120 cm³/mol. The van der Waals surface area contributed by atoms with Crippen molar-refractivity contribution >= 4 is 40.6 Å². The largest absolute Gasteiger partial charge is 0.504 e. The topological polar surface area (TPSA) is 118 Å². The number of hydrogen-bond donors (Lipinski definition) is 3. The van der Waals surface area contributed by atoms with Gasteiger partial charge in [0.1, 0.15) is 0 Å². The van der Waals surface area contributed by atoms with Crippen LogP contribution >= 0.6 is 22.6 Å². The van der Waals surface area contributed by atoms with Crippen LogP contribution in [-0.2, 0) is 4.79 Å². The molecule has 0 spiro atoms. The Morgan fingerprint density at radius 3 is 2.53 bits per heavy atom. The average Bonchev–Trinajstić information content (AvgIpc) is 2.75. The minimum absolute atomic E-state index is 0.0523. The molecule has 2 aromatic carbocycles. The summed E-state index contributed by atoms with van der Waals surface area (Å²) in [7, 11) is 2.97. The molecule has 0 radical (unpaired) electrons. The fourth-order valence-electron chi connectivity index (χ4n) is 2.39. The Morgan fingerprint density at radius 2 is 1.87 bits per heavy atom. The number of benzene rings is 2. The molecule has 160 valence electrons. The van der Waals surface area contributed by atoms with Gasteiger partial charge in [0, 0.05) is 5.56 Å². The van der Waals surface area contributed by atoms with Crippen molar-refractivity contribution in [2.75, 3.05) is 27.4 Å². The summed E-state index contributed by atoms with van der Waals surface area (Å²) in [5.41, 5.74) is 3.29. The van der Waals surface area contributed by atoms with Crippen molar-refractivity contribution in [3.05, 3.63) is 45.0 Å². The molecule has 0 aliphatic heterocycles. The van der Waals surface area contributed by atoms with E-state index in [1.54, 1.807) is 24.3 Å². The van der Waals surface area contributed by atoms with Gasteiger partial charge in [-0.15, -0.1) is 0 Å². The quantitative estimate of drug-likeness (QED) is 0.262. The summed E-state index contributed by atoms with van der Waals surface area (Å²) in [6.07, 6.45) is 1.41. The zero-order chi connectivity index (χ0) is 22.1. The third-order valence-corrected chi connectivity index (χ3v) is 4.63. The Hall–Kier alpha value is -3.02. The molecule has 2 amide bonds. The molecule has 0 fully saturated rings. The second-order valence-electron chi connectivity index (χ2n) is 5.83. The molecule has 10 heteroatoms. The number of hydrogen-bond acceptors (Lipinski definition) is 7. The number of rotatable bonds is 9. The molecule has 0 bridgehead atoms. The fourth-order valence-corrected chi connectivity index (χ4v) is 3.02. The van der Waals surface area contributed by atoms with E-state index in [1.165, 1.54) is 26.5 Å². The molecule has 2 rings (SSSR count). The van der Waals surface area contributed by atoms with Gasteiger partial charge in [-0.3, -0.25) is 9.59 Å². The van der Waals surface area contributed by atoms with Crippen molar-refractivity contribution in [2.45, 2.75) is 6.92 Å². The number of phenols is 1. The molecule has 0 saturated heterocycles. The molecule has 30 heavy (non-hydrogen) atoms. The molecule has 0 atom stereocenters. The van der Waals surface area contributed by atoms with E-state index in [2.05, 4.69) is 15.8 Å². The van der Waals surface area contributed by atoms with Crippen molar-refractivity contribution in [2.24, 2.45) is 5.10 Å². The first-order chi connectivity index (χ1) is 14.4. The lowest BCUT2D eigenvalue weighted by molar-refractivity contribution is -0.120. The Labute approximate surface area is 187 Å². The minimum atomic E-state index is -0.501. The van der Waals surface area contributed by atoms with Crippen LogP contribution in [0.2, 0.25) is 0 Å². The van der Waals surface area contributed by atoms with Crippen LogP contribution in [0.25, 0.3) is 0 Å². The standard InChI is InChI=1S/C20H22IN3O6/c1-4-30-17-8-12(7-14(21)19(17)26)10-23-24-18(25)11-22-20(27)13-5-6-15(28-2)16(9-13)29-3/h5-10,26H,4,11H2,1-3H3,(H,22,27)(H,24,25)/b23-10+. The summed E-state index contributed by atoms with van der Waals surface area (Å²) in [5, 5.41) is 16.3. The average molecular weight is 527 g/mol. The number of phenolic OH excluding ortho intramolecular Hbond substituents is 1. The van der Waals surface area contributed by atoms with Gasteiger partial charge in [0.2, 0.25) is 0 Å². The molecule has 0 aromatic heterocycles. The van der Waals surface area contributed by atoms with Crippen LogP contribution in [0.3, 0.4) is 0 Å². The Kier molecular flexibility index (Phi) is 8.71. The van der Waals surface area contributed by atoms with Crippen LogP contribution in [0.15, 0.2) is 35.4 Å². The summed E-state index contributed by atoms with van der Waals surface area (Å²) in [6.45, 7) is 1.95. The van der Waals surface area contributed by atoms with Gasteiger partial charge in [0.15, 0.2) is 23.0 Å². The number of nitrogens with zero attached hydrogens (tertiary/aromatic N) is 1. The highest BCUT2D eigenvalue weighted by atomic mass is 127. The second-order valence-corrected chi connectivity index (χ2v) is 6.99. The Balaban J connectivity index is 1.91. The van der Waals surface area contributed by atoms with E-state index in [4.69, 9.17) is 14.2 Å². The van der Waals surface area contributed by atoms with Gasteiger partial charge >= 0.3 is 0 Å². The van der Waals surface area contributed by atoms with Crippen LogP contribution in [-0.4, -0.2) is 50.5 Å². The first-order valence-electron chi connectivity index (χ1n) is 8.87. The molecule has 0 heterocycles. The maximum atomic E-state index is 12.2. The van der Waals surface area contributed by atoms with Gasteiger partial charge in [-0.2, -0.15) is 5.10 Å². The van der Waals surface area contributed by atoms with Gasteiger partial charge in [0.25, 0.3) is 11.8 Å². The Morgan fingerprint density at radius 1 is 1.13 bits per heavy atom. The Bertz CT molecular complexity index is 948.